The summed E-state index contributed by atoms with van der Waals surface area (Å²) in [5, 5.41) is 0.287. The molecule has 0 saturated heterocycles. The normalized spacial score (nSPS) is 17.6. The number of para-hydroxylation sites is 2. The van der Waals surface area contributed by atoms with Gasteiger partial charge >= 0.3 is 0 Å². The molecule has 11 aromatic rings. The maximum absolute atomic E-state index is 10.5. The van der Waals surface area contributed by atoms with Crippen molar-refractivity contribution in [3.05, 3.63) is 217 Å². The summed E-state index contributed by atoms with van der Waals surface area (Å²) < 4.78 is 193. The molecule has 0 N–H and O–H groups in total. The molecule has 3 heteroatoms. The third-order valence-corrected chi connectivity index (χ3v) is 11.4. The van der Waals surface area contributed by atoms with Gasteiger partial charge in [-0.2, -0.15) is 0 Å². The second-order valence-electron chi connectivity index (χ2n) is 15.0. The fourth-order valence-electron chi connectivity index (χ4n) is 8.80. The van der Waals surface area contributed by atoms with E-state index in [4.69, 9.17) is 16.8 Å². The van der Waals surface area contributed by atoms with Gasteiger partial charge in [-0.25, -0.2) is 0 Å². The zero-order valence-corrected chi connectivity index (χ0v) is 31.9. The topological polar surface area (TPSA) is 21.3 Å². The van der Waals surface area contributed by atoms with Gasteiger partial charge in [-0.1, -0.05) is 153 Å². The van der Waals surface area contributed by atoms with Crippen molar-refractivity contribution in [3.63, 3.8) is 0 Å². The summed E-state index contributed by atoms with van der Waals surface area (Å²) in [7, 11) is 0. The van der Waals surface area contributed by atoms with E-state index in [-0.39, 0.29) is 11.1 Å². The van der Waals surface area contributed by atoms with E-state index in [9.17, 15) is 15.1 Å². The first-order valence-electron chi connectivity index (χ1n) is 29.1. The zero-order valence-electron chi connectivity index (χ0n) is 51.9. The molecule has 12 rings (SSSR count). The zero-order chi connectivity index (χ0) is 57.4. The molecule has 2 aromatic heterocycles. The molecule has 9 aromatic carbocycles. The lowest BCUT2D eigenvalue weighted by Crippen LogP contribution is -2.16. The van der Waals surface area contributed by atoms with Gasteiger partial charge < -0.3 is 13.9 Å². The molecule has 60 heavy (non-hydrogen) atoms. The van der Waals surface area contributed by atoms with Crippen molar-refractivity contribution in [1.82, 2.24) is 4.57 Å². The van der Waals surface area contributed by atoms with Gasteiger partial charge in [-0.3, -0.25) is 0 Å². The first kappa shape index (κ1) is 19.9. The highest BCUT2D eigenvalue weighted by molar-refractivity contribution is 6.22. The Morgan fingerprint density at radius 2 is 1.22 bits per heavy atom. The van der Waals surface area contributed by atoms with Crippen molar-refractivity contribution < 1.29 is 31.8 Å². The van der Waals surface area contributed by atoms with Gasteiger partial charge in [0.2, 0.25) is 0 Å². The van der Waals surface area contributed by atoms with Crippen LogP contribution in [0.1, 0.15) is 52.4 Å². The van der Waals surface area contributed by atoms with Crippen LogP contribution >= 0.6 is 0 Å². The molecule has 0 radical (unpaired) electrons. The van der Waals surface area contributed by atoms with Crippen LogP contribution in [0.15, 0.2) is 210 Å². The standard InChI is InChI=1S/C57H40N2O/c1-57(2)47-26-14-12-24-42(47)43-33-32-41(36-48(43)57)58(51-29-17-31-53-55(51)44-25-13-15-30-52(44)60-53)49-27-16-28-50-54(49)46-35-39(37-18-6-3-7-19-37)34-45(38-20-8-4-9-21-38)56(46)59(50)40-22-10-5-11-23-40/h3-36H,1-2H3/i3D,4D,5D,6D,7D,8D,9D,10D,11D,16D,18D,19D,20D,21D,22D,23D,27D,28D,34D,35D. The van der Waals surface area contributed by atoms with Crippen molar-refractivity contribution in [3.8, 4) is 39.1 Å². The highest BCUT2D eigenvalue weighted by Gasteiger charge is 2.36. The predicted octanol–water partition coefficient (Wildman–Crippen LogP) is 15.8. The highest BCUT2D eigenvalue weighted by Crippen LogP contribution is 2.53. The summed E-state index contributed by atoms with van der Waals surface area (Å²) in [4.78, 5) is 1.62. The Morgan fingerprint density at radius 3 is 2.03 bits per heavy atom. The fourth-order valence-corrected chi connectivity index (χ4v) is 8.80. The van der Waals surface area contributed by atoms with E-state index < -0.39 is 171 Å². The van der Waals surface area contributed by atoms with Crippen molar-refractivity contribution in [2.45, 2.75) is 19.3 Å². The SMILES string of the molecule is [2H]c1c([2H])c([2H])c(-c2c([2H])c(-c3c([2H])c([2H])c([2H])c([2H])c3[2H])c3c(c2[2H])c2c(N(c4ccc5c(c4)C(C)(C)c4ccccc4-5)c4cccc5oc6ccccc6c45)c([2H])c([2H])c([2H])c2n3-c2c([2H])c([2H])c([2H])c([2H])c2[2H])c([2H])c1[2H]. The lowest BCUT2D eigenvalue weighted by Gasteiger charge is -2.29. The number of rotatable bonds is 6. The molecule has 2 heterocycles. The van der Waals surface area contributed by atoms with Gasteiger partial charge in [-0.15, -0.1) is 0 Å². The molecule has 0 amide bonds. The summed E-state index contributed by atoms with van der Waals surface area (Å²) in [5.74, 6) is 0. The number of fused-ring (bicyclic) bond motifs is 9. The van der Waals surface area contributed by atoms with Gasteiger partial charge in [-0.05, 0) is 106 Å². The molecule has 1 aliphatic rings. The van der Waals surface area contributed by atoms with E-state index in [1.54, 1.807) is 47.4 Å². The number of hydrogen-bond acceptors (Lipinski definition) is 2. The number of anilines is 3. The van der Waals surface area contributed by atoms with E-state index in [1.807, 2.05) is 42.5 Å². The average molecular weight is 789 g/mol. The Balaban J connectivity index is 1.41. The molecular weight excluding hydrogens is 729 g/mol. The molecule has 0 bridgehead atoms. The summed E-state index contributed by atoms with van der Waals surface area (Å²) in [6.45, 7) is 4.11. The smallest absolute Gasteiger partial charge is 0.137 e. The Kier molecular flexibility index (Phi) is 4.38. The quantitative estimate of drug-likeness (QED) is 0.167. The van der Waals surface area contributed by atoms with Gasteiger partial charge in [0.15, 0.2) is 0 Å². The second-order valence-corrected chi connectivity index (χ2v) is 15.0. The Bertz CT molecular complexity index is 4570. The molecule has 0 fully saturated rings. The maximum Gasteiger partial charge on any atom is 0.137 e. The van der Waals surface area contributed by atoms with E-state index in [0.717, 1.165) is 26.8 Å². The molecule has 0 unspecified atom stereocenters. The van der Waals surface area contributed by atoms with Gasteiger partial charge in [0.25, 0.3) is 0 Å². The molecule has 284 valence electrons. The number of nitrogens with zero attached hydrogens (tertiary/aromatic N) is 2. The largest absolute Gasteiger partial charge is 0.456 e. The van der Waals surface area contributed by atoms with Gasteiger partial charge in [0.1, 0.15) is 11.2 Å². The Labute approximate surface area is 377 Å². The summed E-state index contributed by atoms with van der Waals surface area (Å²) >= 11 is 0. The van der Waals surface area contributed by atoms with E-state index in [0.29, 0.717) is 33.3 Å². The van der Waals surface area contributed by atoms with Gasteiger partial charge in [0.05, 0.1) is 55.2 Å². The van der Waals surface area contributed by atoms with Crippen LogP contribution in [-0.4, -0.2) is 4.57 Å². The summed E-state index contributed by atoms with van der Waals surface area (Å²) in [5.41, 5.74) is -0.354. The molecule has 1 aliphatic carbocycles. The molecule has 0 atom stereocenters. The highest BCUT2D eigenvalue weighted by atomic mass is 16.3. The Hall–Kier alpha value is -7.62. The van der Waals surface area contributed by atoms with Crippen LogP contribution in [0.3, 0.4) is 0 Å². The first-order chi connectivity index (χ1) is 37.9. The number of hydrogen-bond donors (Lipinski definition) is 0. The molecule has 0 saturated carbocycles. The van der Waals surface area contributed by atoms with E-state index in [2.05, 4.69) is 13.8 Å². The minimum absolute atomic E-state index is 0.270. The van der Waals surface area contributed by atoms with Crippen LogP contribution in [0.5, 0.6) is 0 Å². The van der Waals surface area contributed by atoms with Crippen LogP contribution in [0.4, 0.5) is 17.1 Å². The number of furan rings is 1. The molecular formula is C57H40N2O. The third kappa shape index (κ3) is 5.09. The van der Waals surface area contributed by atoms with Crippen LogP contribution in [0, 0.1) is 0 Å². The van der Waals surface area contributed by atoms with Crippen LogP contribution in [0.25, 0.3) is 82.8 Å². The van der Waals surface area contributed by atoms with Crippen molar-refractivity contribution in [2.24, 2.45) is 0 Å². The van der Waals surface area contributed by atoms with Crippen LogP contribution < -0.4 is 4.90 Å². The molecule has 0 aliphatic heterocycles. The third-order valence-electron chi connectivity index (χ3n) is 11.4. The van der Waals surface area contributed by atoms with Crippen LogP contribution in [-0.2, 0) is 5.41 Å². The van der Waals surface area contributed by atoms with Crippen molar-refractivity contribution >= 4 is 60.8 Å². The minimum atomic E-state index is -0.951. The minimum Gasteiger partial charge on any atom is -0.456 e. The second kappa shape index (κ2) is 13.2. The number of aromatic nitrogens is 1. The number of benzene rings is 9. The van der Waals surface area contributed by atoms with Crippen molar-refractivity contribution in [2.75, 3.05) is 4.90 Å². The maximum atomic E-state index is 10.5. The summed E-state index contributed by atoms with van der Waals surface area (Å²) in [6, 6.07) is 8.56. The lowest BCUT2D eigenvalue weighted by atomic mass is 9.82. The van der Waals surface area contributed by atoms with Gasteiger partial charge in [0, 0.05) is 38.5 Å². The molecule has 0 spiro atoms. The summed E-state index contributed by atoms with van der Waals surface area (Å²) in [6.07, 6.45) is 0. The lowest BCUT2D eigenvalue weighted by molar-refractivity contribution is 0.660. The van der Waals surface area contributed by atoms with E-state index in [1.165, 1.54) is 0 Å². The predicted molar refractivity (Wildman–Crippen MR) is 251 cm³/mol. The molecule has 3 nitrogen and oxygen atoms in total. The average Bonchev–Trinajstić information content (AvgIpc) is 4.11. The van der Waals surface area contributed by atoms with Crippen molar-refractivity contribution in [1.29, 1.82) is 0 Å². The first-order valence-corrected chi connectivity index (χ1v) is 19.1. The van der Waals surface area contributed by atoms with Crippen LogP contribution in [0.2, 0.25) is 0 Å². The Morgan fingerprint density at radius 1 is 0.517 bits per heavy atom. The monoisotopic (exact) mass is 788 g/mol. The fraction of sp³-hybridized carbons (Fsp3) is 0.0526. The van der Waals surface area contributed by atoms with E-state index >= 15 is 0 Å².